The van der Waals surface area contributed by atoms with Crippen molar-refractivity contribution in [3.63, 3.8) is 0 Å². The van der Waals surface area contributed by atoms with Gasteiger partial charge in [0.15, 0.2) is 6.61 Å². The van der Waals surface area contributed by atoms with Gasteiger partial charge >= 0.3 is 5.97 Å². The number of anilines is 2. The summed E-state index contributed by atoms with van der Waals surface area (Å²) in [6.45, 7) is 3.39. The average Bonchev–Trinajstić information content (AvgIpc) is 3.27. The molecule has 2 aliphatic rings. The first kappa shape index (κ1) is 19.9. The highest BCUT2D eigenvalue weighted by atomic mass is 16.5. The molecule has 0 aromatic heterocycles. The molecule has 1 atom stereocenters. The lowest BCUT2D eigenvalue weighted by atomic mass is 10.1. The molecule has 1 saturated heterocycles. The molecule has 2 heterocycles. The summed E-state index contributed by atoms with van der Waals surface area (Å²) in [5.41, 5.74) is 2.86. The van der Waals surface area contributed by atoms with E-state index in [1.165, 1.54) is 0 Å². The van der Waals surface area contributed by atoms with E-state index in [0.29, 0.717) is 24.3 Å². The largest absolute Gasteiger partial charge is 0.452 e. The Morgan fingerprint density at radius 1 is 1.20 bits per heavy atom. The Balaban J connectivity index is 1.39. The third-order valence-corrected chi connectivity index (χ3v) is 5.63. The fourth-order valence-corrected chi connectivity index (χ4v) is 4.04. The second-order valence-electron chi connectivity index (χ2n) is 7.54. The first-order chi connectivity index (χ1) is 14.6. The van der Waals surface area contributed by atoms with Crippen LogP contribution in [0, 0.1) is 0 Å². The van der Waals surface area contributed by atoms with Gasteiger partial charge in [0.1, 0.15) is 6.04 Å². The third kappa shape index (κ3) is 4.01. The molecular weight excluding hydrogens is 382 g/mol. The van der Waals surface area contributed by atoms with Crippen molar-refractivity contribution in [3.8, 4) is 0 Å². The third-order valence-electron chi connectivity index (χ3n) is 5.63. The number of hydrogen-bond donors (Lipinski definition) is 1. The molecule has 156 valence electrons. The van der Waals surface area contributed by atoms with E-state index in [-0.39, 0.29) is 24.5 Å². The van der Waals surface area contributed by atoms with Gasteiger partial charge in [-0.1, -0.05) is 30.3 Å². The first-order valence-corrected chi connectivity index (χ1v) is 10.3. The zero-order valence-electron chi connectivity index (χ0n) is 17.0. The van der Waals surface area contributed by atoms with Gasteiger partial charge in [-0.2, -0.15) is 0 Å². The number of carbonyl (C=O) groups excluding carboxylic acids is 3. The molecule has 7 nitrogen and oxygen atoms in total. The Morgan fingerprint density at radius 3 is 2.77 bits per heavy atom. The second-order valence-corrected chi connectivity index (χ2v) is 7.54. The highest BCUT2D eigenvalue weighted by Crippen LogP contribution is 2.37. The standard InChI is InChI=1S/C23H25N3O4/c1-2-25(14-16-7-4-3-5-8-16)21(27)15-30-23(29)17-10-11-19-18(13-17)24-22(28)20-9-6-12-26(19)20/h3-5,7-8,10-11,13,20H,2,6,9,12,14-15H2,1H3,(H,24,28)/t20-/m1/s1. The topological polar surface area (TPSA) is 79.0 Å². The van der Waals surface area contributed by atoms with Crippen molar-refractivity contribution in [2.75, 3.05) is 29.9 Å². The Bertz CT molecular complexity index is 960. The molecule has 2 amide bonds. The fourth-order valence-electron chi connectivity index (χ4n) is 4.04. The minimum atomic E-state index is -0.584. The Hall–Kier alpha value is -3.35. The van der Waals surface area contributed by atoms with Crippen molar-refractivity contribution in [2.24, 2.45) is 0 Å². The fraction of sp³-hybridized carbons (Fsp3) is 0.348. The summed E-state index contributed by atoms with van der Waals surface area (Å²) in [6.07, 6.45) is 1.81. The zero-order valence-corrected chi connectivity index (χ0v) is 17.0. The van der Waals surface area contributed by atoms with E-state index in [4.69, 9.17) is 4.74 Å². The molecule has 2 aromatic rings. The van der Waals surface area contributed by atoms with Crippen LogP contribution in [-0.4, -0.2) is 48.4 Å². The maximum absolute atomic E-state index is 12.5. The molecule has 0 radical (unpaired) electrons. The number of carbonyl (C=O) groups is 3. The molecule has 0 saturated carbocycles. The van der Waals surface area contributed by atoms with E-state index in [1.807, 2.05) is 43.3 Å². The lowest BCUT2D eigenvalue weighted by Gasteiger charge is -2.33. The van der Waals surface area contributed by atoms with Crippen LogP contribution in [0.5, 0.6) is 0 Å². The number of fused-ring (bicyclic) bond motifs is 3. The molecule has 4 rings (SSSR count). The van der Waals surface area contributed by atoms with Gasteiger partial charge in [-0.25, -0.2) is 4.79 Å². The Kier molecular flexibility index (Phi) is 5.70. The zero-order chi connectivity index (χ0) is 21.1. The van der Waals surface area contributed by atoms with Crippen molar-refractivity contribution in [1.29, 1.82) is 0 Å². The van der Waals surface area contributed by atoms with Crippen molar-refractivity contribution in [2.45, 2.75) is 32.4 Å². The summed E-state index contributed by atoms with van der Waals surface area (Å²) >= 11 is 0. The molecule has 0 aliphatic carbocycles. The van der Waals surface area contributed by atoms with Crippen LogP contribution in [0.3, 0.4) is 0 Å². The summed E-state index contributed by atoms with van der Waals surface area (Å²) in [5, 5.41) is 2.88. The van der Waals surface area contributed by atoms with Crippen LogP contribution < -0.4 is 10.2 Å². The van der Waals surface area contributed by atoms with Crippen LogP contribution in [0.15, 0.2) is 48.5 Å². The molecule has 2 aromatic carbocycles. The summed E-state index contributed by atoms with van der Waals surface area (Å²) in [4.78, 5) is 41.0. The minimum absolute atomic E-state index is 0.0415. The SMILES string of the molecule is CCN(Cc1ccccc1)C(=O)COC(=O)c1ccc2c(c1)NC(=O)[C@H]1CCCN21. The number of rotatable bonds is 6. The lowest BCUT2D eigenvalue weighted by molar-refractivity contribution is -0.135. The van der Waals surface area contributed by atoms with E-state index in [2.05, 4.69) is 10.2 Å². The maximum atomic E-state index is 12.5. The van der Waals surface area contributed by atoms with E-state index < -0.39 is 5.97 Å². The number of ether oxygens (including phenoxy) is 1. The number of hydrogen-bond acceptors (Lipinski definition) is 5. The van der Waals surface area contributed by atoms with Crippen LogP contribution in [0.2, 0.25) is 0 Å². The maximum Gasteiger partial charge on any atom is 0.338 e. The van der Waals surface area contributed by atoms with Crippen LogP contribution in [-0.2, 0) is 20.9 Å². The van der Waals surface area contributed by atoms with Crippen molar-refractivity contribution in [1.82, 2.24) is 4.90 Å². The Labute approximate surface area is 175 Å². The van der Waals surface area contributed by atoms with Gasteiger partial charge in [0.2, 0.25) is 5.91 Å². The molecule has 1 fully saturated rings. The predicted molar refractivity (Wildman–Crippen MR) is 113 cm³/mol. The van der Waals surface area contributed by atoms with Crippen molar-refractivity contribution >= 4 is 29.2 Å². The number of nitrogens with zero attached hydrogens (tertiary/aromatic N) is 2. The number of likely N-dealkylation sites (N-methyl/N-ethyl adjacent to an activating group) is 1. The van der Waals surface area contributed by atoms with Gasteiger partial charge in [0.05, 0.1) is 16.9 Å². The van der Waals surface area contributed by atoms with Gasteiger partial charge in [-0.05, 0) is 43.5 Å². The summed E-state index contributed by atoms with van der Waals surface area (Å²) < 4.78 is 5.26. The van der Waals surface area contributed by atoms with Crippen LogP contribution >= 0.6 is 0 Å². The average molecular weight is 407 g/mol. The number of nitrogens with one attached hydrogen (secondary N) is 1. The number of benzene rings is 2. The summed E-state index contributed by atoms with van der Waals surface area (Å²) in [7, 11) is 0. The molecule has 1 N–H and O–H groups in total. The van der Waals surface area contributed by atoms with E-state index in [1.54, 1.807) is 17.0 Å². The minimum Gasteiger partial charge on any atom is -0.452 e. The summed E-state index contributed by atoms with van der Waals surface area (Å²) in [6, 6.07) is 14.7. The number of amides is 2. The lowest BCUT2D eigenvalue weighted by Crippen LogP contribution is -2.43. The van der Waals surface area contributed by atoms with Gasteiger partial charge < -0.3 is 19.9 Å². The summed E-state index contributed by atoms with van der Waals surface area (Å²) in [5.74, 6) is -0.874. The quantitative estimate of drug-likeness (QED) is 0.745. The molecule has 2 aliphatic heterocycles. The van der Waals surface area contributed by atoms with Crippen molar-refractivity contribution in [3.05, 3.63) is 59.7 Å². The number of esters is 1. The first-order valence-electron chi connectivity index (χ1n) is 10.3. The van der Waals surface area contributed by atoms with E-state index >= 15 is 0 Å². The highest BCUT2D eigenvalue weighted by molar-refractivity contribution is 6.05. The van der Waals surface area contributed by atoms with Crippen LogP contribution in [0.1, 0.15) is 35.7 Å². The Morgan fingerprint density at radius 2 is 2.00 bits per heavy atom. The predicted octanol–water partition coefficient (Wildman–Crippen LogP) is 2.81. The molecular formula is C23H25N3O4. The normalized spacial score (nSPS) is 17.0. The molecule has 0 spiro atoms. The molecule has 0 bridgehead atoms. The second kappa shape index (κ2) is 8.57. The van der Waals surface area contributed by atoms with Crippen molar-refractivity contribution < 1.29 is 19.1 Å². The van der Waals surface area contributed by atoms with Crippen LogP contribution in [0.25, 0.3) is 0 Å². The van der Waals surface area contributed by atoms with E-state index in [9.17, 15) is 14.4 Å². The van der Waals surface area contributed by atoms with Gasteiger partial charge in [-0.3, -0.25) is 9.59 Å². The molecule has 30 heavy (non-hydrogen) atoms. The molecule has 0 unspecified atom stereocenters. The van der Waals surface area contributed by atoms with Gasteiger partial charge in [0, 0.05) is 19.6 Å². The van der Waals surface area contributed by atoms with Gasteiger partial charge in [0.25, 0.3) is 5.91 Å². The molecule has 7 heteroatoms. The van der Waals surface area contributed by atoms with E-state index in [0.717, 1.165) is 30.6 Å². The highest BCUT2D eigenvalue weighted by Gasteiger charge is 2.36. The van der Waals surface area contributed by atoms with Gasteiger partial charge in [-0.15, -0.1) is 0 Å². The monoisotopic (exact) mass is 407 g/mol. The van der Waals surface area contributed by atoms with Crippen LogP contribution in [0.4, 0.5) is 11.4 Å². The smallest absolute Gasteiger partial charge is 0.338 e.